The smallest absolute Gasteiger partial charge is 0.274 e. The predicted molar refractivity (Wildman–Crippen MR) is 103 cm³/mol. The van der Waals surface area contributed by atoms with Crippen LogP contribution in [0.25, 0.3) is 11.0 Å². The zero-order valence-corrected chi connectivity index (χ0v) is 15.8. The second-order valence-electron chi connectivity index (χ2n) is 7.41. The summed E-state index contributed by atoms with van der Waals surface area (Å²) in [5, 5.41) is 16.7. The first-order valence-electron chi connectivity index (χ1n) is 9.45. The van der Waals surface area contributed by atoms with Gasteiger partial charge >= 0.3 is 0 Å². The predicted octanol–water partition coefficient (Wildman–Crippen LogP) is 2.41. The number of benzene rings is 1. The van der Waals surface area contributed by atoms with Crippen molar-refractivity contribution in [2.45, 2.75) is 45.7 Å². The van der Waals surface area contributed by atoms with Crippen LogP contribution >= 0.6 is 0 Å². The second kappa shape index (κ2) is 7.15. The number of hydrogen-bond acceptors (Lipinski definition) is 4. The summed E-state index contributed by atoms with van der Waals surface area (Å²) in [6.07, 6.45) is 4.68. The molecule has 1 aliphatic heterocycles. The number of aromatic nitrogens is 4. The first-order chi connectivity index (χ1) is 13.1. The summed E-state index contributed by atoms with van der Waals surface area (Å²) < 4.78 is 2.06. The Kier molecular flexibility index (Phi) is 4.70. The molecule has 3 aromatic rings. The number of likely N-dealkylation sites (tertiary alicyclic amines) is 1. The molecule has 3 heterocycles. The number of amides is 1. The van der Waals surface area contributed by atoms with E-state index >= 15 is 0 Å². The Morgan fingerprint density at radius 3 is 2.89 bits per heavy atom. The molecule has 7 nitrogen and oxygen atoms in total. The SMILES string of the molecule is Cc1cc2ncn(Cc3cc(C(=O)N4CCCCC4CO)n[nH]3)c2cc1C. The number of carbonyl (C=O) groups excluding carboxylic acids is 1. The van der Waals surface area contributed by atoms with Crippen LogP contribution in [0, 0.1) is 13.8 Å². The van der Waals surface area contributed by atoms with Gasteiger partial charge in [0.1, 0.15) is 5.69 Å². The Labute approximate surface area is 158 Å². The average molecular weight is 367 g/mol. The van der Waals surface area contributed by atoms with Crippen LogP contribution in [-0.4, -0.2) is 54.9 Å². The Hall–Kier alpha value is -2.67. The minimum absolute atomic E-state index is 0.00279. The van der Waals surface area contributed by atoms with Crippen LogP contribution < -0.4 is 0 Å². The lowest BCUT2D eigenvalue weighted by atomic mass is 10.0. The van der Waals surface area contributed by atoms with E-state index in [9.17, 15) is 9.90 Å². The minimum atomic E-state index is -0.113. The number of fused-ring (bicyclic) bond motifs is 1. The van der Waals surface area contributed by atoms with E-state index in [1.807, 2.05) is 6.33 Å². The maximum atomic E-state index is 12.8. The summed E-state index contributed by atoms with van der Waals surface area (Å²) in [5.41, 5.74) is 5.74. The van der Waals surface area contributed by atoms with E-state index in [1.165, 1.54) is 11.1 Å². The fourth-order valence-corrected chi connectivity index (χ4v) is 3.78. The van der Waals surface area contributed by atoms with Gasteiger partial charge in [0.15, 0.2) is 0 Å². The van der Waals surface area contributed by atoms with Crippen LogP contribution in [0.2, 0.25) is 0 Å². The van der Waals surface area contributed by atoms with Crippen molar-refractivity contribution in [2.24, 2.45) is 0 Å². The molecule has 0 bridgehead atoms. The molecule has 27 heavy (non-hydrogen) atoms. The van der Waals surface area contributed by atoms with Gasteiger partial charge < -0.3 is 14.6 Å². The van der Waals surface area contributed by atoms with E-state index in [4.69, 9.17) is 0 Å². The summed E-state index contributed by atoms with van der Waals surface area (Å²) in [6, 6.07) is 5.93. The lowest BCUT2D eigenvalue weighted by Gasteiger charge is -2.34. The van der Waals surface area contributed by atoms with Crippen molar-refractivity contribution >= 4 is 16.9 Å². The number of nitrogens with one attached hydrogen (secondary N) is 1. The van der Waals surface area contributed by atoms with E-state index in [1.54, 1.807) is 11.0 Å². The third-order valence-electron chi connectivity index (χ3n) is 5.53. The number of H-pyrrole nitrogens is 1. The fraction of sp³-hybridized carbons (Fsp3) is 0.450. The maximum Gasteiger partial charge on any atom is 0.274 e. The molecule has 1 aromatic carbocycles. The van der Waals surface area contributed by atoms with Crippen LogP contribution in [0.1, 0.15) is 46.6 Å². The molecule has 2 N–H and O–H groups in total. The van der Waals surface area contributed by atoms with Gasteiger partial charge in [-0.05, 0) is 62.4 Å². The van der Waals surface area contributed by atoms with Gasteiger partial charge in [-0.1, -0.05) is 0 Å². The van der Waals surface area contributed by atoms with Gasteiger partial charge in [-0.15, -0.1) is 0 Å². The van der Waals surface area contributed by atoms with Crippen LogP contribution in [-0.2, 0) is 6.54 Å². The second-order valence-corrected chi connectivity index (χ2v) is 7.41. The van der Waals surface area contributed by atoms with Gasteiger partial charge in [0.25, 0.3) is 5.91 Å². The normalized spacial score (nSPS) is 17.6. The van der Waals surface area contributed by atoms with E-state index in [0.29, 0.717) is 18.8 Å². The standard InChI is InChI=1S/C20H25N5O2/c1-13-7-17-19(8-14(13)2)24(12-21-17)10-15-9-18(23-22-15)20(27)25-6-4-3-5-16(25)11-26/h7-9,12,16,26H,3-6,10-11H2,1-2H3,(H,22,23). The Balaban J connectivity index is 1.55. The molecule has 0 spiro atoms. The molecular formula is C20H25N5O2. The average Bonchev–Trinajstić information content (AvgIpc) is 3.30. The summed E-state index contributed by atoms with van der Waals surface area (Å²) in [5.74, 6) is -0.113. The largest absolute Gasteiger partial charge is 0.394 e. The highest BCUT2D eigenvalue weighted by Crippen LogP contribution is 2.21. The van der Waals surface area contributed by atoms with Crippen molar-refractivity contribution in [3.63, 3.8) is 0 Å². The van der Waals surface area contributed by atoms with Crippen molar-refractivity contribution in [1.82, 2.24) is 24.6 Å². The number of hydrogen-bond donors (Lipinski definition) is 2. The molecule has 2 aromatic heterocycles. The number of carbonyl (C=O) groups is 1. The lowest BCUT2D eigenvalue weighted by molar-refractivity contribution is 0.0497. The highest BCUT2D eigenvalue weighted by Gasteiger charge is 2.28. The van der Waals surface area contributed by atoms with E-state index in [2.05, 4.69) is 45.7 Å². The summed E-state index contributed by atoms with van der Waals surface area (Å²) >= 11 is 0. The zero-order chi connectivity index (χ0) is 19.0. The van der Waals surface area contributed by atoms with Gasteiger partial charge in [-0.2, -0.15) is 5.10 Å². The van der Waals surface area contributed by atoms with Crippen molar-refractivity contribution < 1.29 is 9.90 Å². The molecule has 0 saturated carbocycles. The number of piperidine rings is 1. The molecule has 1 saturated heterocycles. The first kappa shape index (κ1) is 17.7. The molecular weight excluding hydrogens is 342 g/mol. The molecule has 1 unspecified atom stereocenters. The third kappa shape index (κ3) is 3.35. The monoisotopic (exact) mass is 367 g/mol. The van der Waals surface area contributed by atoms with E-state index in [0.717, 1.165) is 36.0 Å². The third-order valence-corrected chi connectivity index (χ3v) is 5.53. The zero-order valence-electron chi connectivity index (χ0n) is 15.8. The Bertz CT molecular complexity index is 974. The van der Waals surface area contributed by atoms with Gasteiger partial charge in [0.2, 0.25) is 0 Å². The number of aromatic amines is 1. The van der Waals surface area contributed by atoms with Crippen LogP contribution in [0.4, 0.5) is 0 Å². The highest BCUT2D eigenvalue weighted by molar-refractivity contribution is 5.92. The molecule has 1 atom stereocenters. The molecule has 1 amide bonds. The van der Waals surface area contributed by atoms with Crippen LogP contribution in [0.15, 0.2) is 24.5 Å². The summed E-state index contributed by atoms with van der Waals surface area (Å²) in [4.78, 5) is 19.0. The Morgan fingerprint density at radius 2 is 2.07 bits per heavy atom. The highest BCUT2D eigenvalue weighted by atomic mass is 16.3. The number of aliphatic hydroxyl groups excluding tert-OH is 1. The number of nitrogens with zero attached hydrogens (tertiary/aromatic N) is 4. The molecule has 142 valence electrons. The number of imidazole rings is 1. The number of aryl methyl sites for hydroxylation is 2. The summed E-state index contributed by atoms with van der Waals surface area (Å²) in [6.45, 7) is 5.43. The topological polar surface area (TPSA) is 87.0 Å². The van der Waals surface area contributed by atoms with Gasteiger partial charge in [-0.3, -0.25) is 9.89 Å². The maximum absolute atomic E-state index is 12.8. The fourth-order valence-electron chi connectivity index (χ4n) is 3.78. The minimum Gasteiger partial charge on any atom is -0.394 e. The Morgan fingerprint density at radius 1 is 1.26 bits per heavy atom. The molecule has 4 rings (SSSR count). The molecule has 0 aliphatic carbocycles. The molecule has 1 fully saturated rings. The quantitative estimate of drug-likeness (QED) is 0.741. The van der Waals surface area contributed by atoms with E-state index < -0.39 is 0 Å². The molecule has 0 radical (unpaired) electrons. The van der Waals surface area contributed by atoms with Crippen LogP contribution in [0.5, 0.6) is 0 Å². The molecule has 7 heteroatoms. The van der Waals surface area contributed by atoms with Gasteiger partial charge in [-0.25, -0.2) is 4.98 Å². The first-order valence-corrected chi connectivity index (χ1v) is 9.45. The van der Waals surface area contributed by atoms with Crippen molar-refractivity contribution in [3.8, 4) is 0 Å². The van der Waals surface area contributed by atoms with Gasteiger partial charge in [0, 0.05) is 6.54 Å². The number of rotatable bonds is 4. The van der Waals surface area contributed by atoms with Gasteiger partial charge in [0.05, 0.1) is 42.2 Å². The van der Waals surface area contributed by atoms with Crippen LogP contribution in [0.3, 0.4) is 0 Å². The summed E-state index contributed by atoms with van der Waals surface area (Å²) in [7, 11) is 0. The van der Waals surface area contributed by atoms with E-state index in [-0.39, 0.29) is 18.6 Å². The van der Waals surface area contributed by atoms with Crippen molar-refractivity contribution in [1.29, 1.82) is 0 Å². The lowest BCUT2D eigenvalue weighted by Crippen LogP contribution is -2.45. The molecule has 1 aliphatic rings. The van der Waals surface area contributed by atoms with Crippen molar-refractivity contribution in [3.05, 3.63) is 47.0 Å². The number of aliphatic hydroxyl groups is 1. The van der Waals surface area contributed by atoms with Crippen molar-refractivity contribution in [2.75, 3.05) is 13.2 Å².